The second-order valence-corrected chi connectivity index (χ2v) is 8.47. The van der Waals surface area contributed by atoms with E-state index < -0.39 is 51.2 Å². The minimum absolute atomic E-state index is 0.0381. The Hall–Kier alpha value is -2.85. The van der Waals surface area contributed by atoms with Crippen LogP contribution in [0.1, 0.15) is 24.0 Å². The number of rotatable bonds is 2. The molecule has 1 heterocycles. The number of aromatic hydroxyl groups is 1. The minimum atomic E-state index is -2.52. The van der Waals surface area contributed by atoms with Crippen molar-refractivity contribution in [3.63, 3.8) is 0 Å². The summed E-state index contributed by atoms with van der Waals surface area (Å²) in [7, 11) is 3.50. The van der Waals surface area contributed by atoms with Crippen LogP contribution in [0, 0.1) is 11.8 Å². The third-order valence-corrected chi connectivity index (χ3v) is 6.41. The predicted octanol–water partition coefficient (Wildman–Crippen LogP) is 0.856. The number of aliphatic hydroxyl groups excluding tert-OH is 2. The van der Waals surface area contributed by atoms with Crippen molar-refractivity contribution >= 4 is 40.9 Å². The third-order valence-electron chi connectivity index (χ3n) is 6.18. The van der Waals surface area contributed by atoms with E-state index in [9.17, 15) is 34.8 Å². The van der Waals surface area contributed by atoms with Gasteiger partial charge in [-0.2, -0.15) is 0 Å². The zero-order valence-corrected chi connectivity index (χ0v) is 17.1. The number of nitrogens with zero attached hydrogens (tertiary/aromatic N) is 2. The molecule has 1 aromatic heterocycles. The Morgan fingerprint density at radius 3 is 2.50 bits per heavy atom. The van der Waals surface area contributed by atoms with Crippen molar-refractivity contribution in [2.24, 2.45) is 11.8 Å². The first-order valence-electron chi connectivity index (χ1n) is 9.29. The number of ketones is 2. The fourth-order valence-corrected chi connectivity index (χ4v) is 5.08. The average molecular weight is 432 g/mol. The number of carbonyl (C=O) groups excluding carboxylic acids is 3. The molecule has 0 radical (unpaired) electrons. The summed E-state index contributed by atoms with van der Waals surface area (Å²) in [4.78, 5) is 43.3. The fraction of sp³-hybridized carbons (Fsp3) is 0.400. The summed E-state index contributed by atoms with van der Waals surface area (Å²) in [5.74, 6) is -4.59. The average Bonchev–Trinajstić information content (AvgIpc) is 2.64. The SMILES string of the molecule is CN(C)c1ncc(O)c2c1C[C@H]1C[C@H]3CC(=O)C(C(=O)S)=C(O)[C@@]3(O)C(=O)C1=C2O. The summed E-state index contributed by atoms with van der Waals surface area (Å²) in [6.45, 7) is 0. The van der Waals surface area contributed by atoms with Gasteiger partial charge in [-0.1, -0.05) is 0 Å². The van der Waals surface area contributed by atoms with Crippen molar-refractivity contribution in [1.82, 2.24) is 4.98 Å². The van der Waals surface area contributed by atoms with Gasteiger partial charge in [-0.25, -0.2) is 4.98 Å². The van der Waals surface area contributed by atoms with Gasteiger partial charge in [0.25, 0.3) is 0 Å². The van der Waals surface area contributed by atoms with Gasteiger partial charge < -0.3 is 25.3 Å². The summed E-state index contributed by atoms with van der Waals surface area (Å²) in [6, 6.07) is 0. The molecule has 0 unspecified atom stereocenters. The molecule has 4 N–H and O–H groups in total. The molecular weight excluding hydrogens is 412 g/mol. The lowest BCUT2D eigenvalue weighted by Crippen LogP contribution is -2.57. The van der Waals surface area contributed by atoms with Crippen molar-refractivity contribution in [3.05, 3.63) is 34.2 Å². The third kappa shape index (κ3) is 2.53. The number of thiol groups is 1. The van der Waals surface area contributed by atoms with E-state index in [1.807, 2.05) is 0 Å². The topological polar surface area (TPSA) is 148 Å². The molecule has 1 fully saturated rings. The first kappa shape index (κ1) is 20.4. The van der Waals surface area contributed by atoms with Crippen LogP contribution in [0.3, 0.4) is 0 Å². The largest absolute Gasteiger partial charge is 0.508 e. The van der Waals surface area contributed by atoms with Crippen LogP contribution in [0.15, 0.2) is 23.1 Å². The van der Waals surface area contributed by atoms with Gasteiger partial charge in [0.1, 0.15) is 28.7 Å². The molecule has 10 heteroatoms. The van der Waals surface area contributed by atoms with Crippen LogP contribution in [0.2, 0.25) is 0 Å². The molecule has 0 bridgehead atoms. The maximum Gasteiger partial charge on any atom is 0.223 e. The second-order valence-electron chi connectivity index (χ2n) is 8.06. The van der Waals surface area contributed by atoms with E-state index >= 15 is 0 Å². The number of anilines is 1. The molecule has 0 saturated heterocycles. The van der Waals surface area contributed by atoms with E-state index in [4.69, 9.17) is 0 Å². The van der Waals surface area contributed by atoms with Crippen molar-refractivity contribution in [2.75, 3.05) is 19.0 Å². The van der Waals surface area contributed by atoms with Gasteiger partial charge in [0, 0.05) is 37.6 Å². The molecule has 1 saturated carbocycles. The molecule has 1 aromatic rings. The summed E-state index contributed by atoms with van der Waals surface area (Å²) < 4.78 is 0. The molecule has 3 aliphatic carbocycles. The van der Waals surface area contributed by atoms with Crippen LogP contribution >= 0.6 is 12.6 Å². The number of aliphatic hydroxyl groups is 3. The summed E-state index contributed by atoms with van der Waals surface area (Å²) >= 11 is 3.57. The van der Waals surface area contributed by atoms with Crippen LogP contribution in [0.5, 0.6) is 5.75 Å². The zero-order valence-electron chi connectivity index (χ0n) is 16.2. The lowest BCUT2D eigenvalue weighted by molar-refractivity contribution is -0.147. The van der Waals surface area contributed by atoms with Gasteiger partial charge in [-0.15, -0.1) is 12.6 Å². The Morgan fingerprint density at radius 1 is 1.23 bits per heavy atom. The smallest absolute Gasteiger partial charge is 0.223 e. The molecule has 0 aliphatic heterocycles. The highest BCUT2D eigenvalue weighted by atomic mass is 32.1. The Kier molecular flexibility index (Phi) is 4.48. The molecular formula is C20H20N2O7S. The van der Waals surface area contributed by atoms with Gasteiger partial charge >= 0.3 is 0 Å². The monoisotopic (exact) mass is 432 g/mol. The summed E-state index contributed by atoms with van der Waals surface area (Å²) in [6.07, 6.45) is 1.18. The molecule has 9 nitrogen and oxygen atoms in total. The highest BCUT2D eigenvalue weighted by molar-refractivity contribution is 7.97. The predicted molar refractivity (Wildman–Crippen MR) is 108 cm³/mol. The van der Waals surface area contributed by atoms with Crippen LogP contribution < -0.4 is 4.90 Å². The highest BCUT2D eigenvalue weighted by Gasteiger charge is 2.60. The second kappa shape index (κ2) is 6.58. The molecule has 0 amide bonds. The summed E-state index contributed by atoms with van der Waals surface area (Å²) in [5.41, 5.74) is -2.82. The Bertz CT molecular complexity index is 1090. The number of hydrogen-bond donors (Lipinski definition) is 5. The van der Waals surface area contributed by atoms with Crippen LogP contribution in [0.4, 0.5) is 5.82 Å². The van der Waals surface area contributed by atoms with E-state index in [-0.39, 0.29) is 36.1 Å². The van der Waals surface area contributed by atoms with Gasteiger partial charge in [0.15, 0.2) is 11.4 Å². The number of carbonyl (C=O) groups is 3. The number of Topliss-reactive ketones (excluding diaryl/α,β-unsaturated/α-hetero) is 2. The number of aromatic nitrogens is 1. The lowest BCUT2D eigenvalue weighted by atomic mass is 9.59. The van der Waals surface area contributed by atoms with E-state index in [0.717, 1.165) is 6.20 Å². The fourth-order valence-electron chi connectivity index (χ4n) is 4.85. The first-order valence-corrected chi connectivity index (χ1v) is 9.73. The standard InChI is InChI=1S/C20H20N2O7S/c1-22(2)18-9-4-7-3-8-5-10(23)14(19(28)30)17(27)20(8,29)16(26)12(7)15(25)13(9)11(24)6-21-18/h6-8,24-25,27,29H,3-5H2,1-2H3,(H,28,30)/t7-,8+,20+/m1/s1. The van der Waals surface area contributed by atoms with E-state index in [0.29, 0.717) is 11.4 Å². The molecule has 3 aliphatic rings. The van der Waals surface area contributed by atoms with Crippen molar-refractivity contribution in [3.8, 4) is 5.75 Å². The molecule has 0 spiro atoms. The summed E-state index contributed by atoms with van der Waals surface area (Å²) in [5, 5.41) is 41.9. The normalized spacial score (nSPS) is 28.1. The highest BCUT2D eigenvalue weighted by Crippen LogP contribution is 2.52. The van der Waals surface area contributed by atoms with Crippen molar-refractivity contribution < 1.29 is 34.8 Å². The molecule has 3 atom stereocenters. The van der Waals surface area contributed by atoms with Gasteiger partial charge in [-0.3, -0.25) is 14.4 Å². The van der Waals surface area contributed by atoms with Gasteiger partial charge in [-0.05, 0) is 18.8 Å². The van der Waals surface area contributed by atoms with Crippen LogP contribution in [-0.2, 0) is 20.8 Å². The van der Waals surface area contributed by atoms with E-state index in [2.05, 4.69) is 17.6 Å². The van der Waals surface area contributed by atoms with E-state index in [1.165, 1.54) is 0 Å². The van der Waals surface area contributed by atoms with Gasteiger partial charge in [0.2, 0.25) is 10.9 Å². The van der Waals surface area contributed by atoms with Crippen LogP contribution in [0.25, 0.3) is 5.76 Å². The van der Waals surface area contributed by atoms with Crippen LogP contribution in [-0.4, -0.2) is 61.8 Å². The molecule has 30 heavy (non-hydrogen) atoms. The molecule has 0 aromatic carbocycles. The molecule has 158 valence electrons. The number of hydrogen-bond acceptors (Lipinski definition) is 9. The van der Waals surface area contributed by atoms with Crippen molar-refractivity contribution in [2.45, 2.75) is 24.9 Å². The van der Waals surface area contributed by atoms with Crippen molar-refractivity contribution in [1.29, 1.82) is 0 Å². The lowest BCUT2D eigenvalue weighted by Gasteiger charge is -2.46. The molecule has 4 rings (SSSR count). The Labute approximate surface area is 176 Å². The first-order chi connectivity index (χ1) is 14.0. The minimum Gasteiger partial charge on any atom is -0.508 e. The maximum absolute atomic E-state index is 13.3. The number of fused-ring (bicyclic) bond motifs is 3. The quantitative estimate of drug-likeness (QED) is 0.339. The van der Waals surface area contributed by atoms with E-state index in [1.54, 1.807) is 19.0 Å². The Morgan fingerprint density at radius 2 is 1.90 bits per heavy atom. The number of pyridine rings is 1. The Balaban J connectivity index is 1.95. The maximum atomic E-state index is 13.3. The zero-order chi connectivity index (χ0) is 22.1. The van der Waals surface area contributed by atoms with Gasteiger partial charge in [0.05, 0.1) is 11.8 Å².